The molecule has 0 radical (unpaired) electrons. The van der Waals surface area contributed by atoms with Gasteiger partial charge < -0.3 is 49.1 Å². The van der Waals surface area contributed by atoms with Crippen molar-refractivity contribution in [3.63, 3.8) is 0 Å². The van der Waals surface area contributed by atoms with Crippen LogP contribution in [0.25, 0.3) is 0 Å². The van der Waals surface area contributed by atoms with Crippen LogP contribution in [0, 0.1) is 0 Å². The van der Waals surface area contributed by atoms with Gasteiger partial charge in [0.1, 0.15) is 17.8 Å². The van der Waals surface area contributed by atoms with Crippen LogP contribution in [0.15, 0.2) is 58.9 Å². The Morgan fingerprint density at radius 2 is 1.58 bits per heavy atom. The van der Waals surface area contributed by atoms with Gasteiger partial charge in [-0.2, -0.15) is 0 Å². The molecule has 0 saturated carbocycles. The van der Waals surface area contributed by atoms with Crippen LogP contribution in [0.1, 0.15) is 79.1 Å². The van der Waals surface area contributed by atoms with Gasteiger partial charge in [0.2, 0.25) is 17.7 Å². The van der Waals surface area contributed by atoms with E-state index in [2.05, 4.69) is 16.0 Å². The molecule has 0 aromatic heterocycles. The van der Waals surface area contributed by atoms with Gasteiger partial charge in [-0.05, 0) is 100 Å². The number of carbonyl (C=O) groups is 3. The fourth-order valence-electron chi connectivity index (χ4n) is 4.37. The second kappa shape index (κ2) is 25.0. The first-order valence-corrected chi connectivity index (χ1v) is 16.2. The van der Waals surface area contributed by atoms with Gasteiger partial charge in [0, 0.05) is 12.6 Å². The zero-order chi connectivity index (χ0) is 34.2. The van der Waals surface area contributed by atoms with Crippen LogP contribution in [0.2, 0.25) is 0 Å². The lowest BCUT2D eigenvalue weighted by atomic mass is 9.98. The third kappa shape index (κ3) is 17.1. The second-order valence-electron chi connectivity index (χ2n) is 10.6. The molecule has 12 nitrogen and oxygen atoms in total. The van der Waals surface area contributed by atoms with Crippen molar-refractivity contribution in [2.45, 2.75) is 103 Å². The number of hydrogen-bond donors (Lipinski definition) is 9. The Labute approximate surface area is 269 Å². The van der Waals surface area contributed by atoms with Crippen molar-refractivity contribution in [3.05, 3.63) is 58.9 Å². The average Bonchev–Trinajstić information content (AvgIpc) is 3.23. The minimum atomic E-state index is -0.920. The van der Waals surface area contributed by atoms with E-state index in [0.717, 1.165) is 23.1 Å². The first-order valence-electron chi connectivity index (χ1n) is 16.2. The first kappa shape index (κ1) is 41.7. The minimum Gasteiger partial charge on any atom is -0.508 e. The Bertz CT molecular complexity index is 1050. The highest BCUT2D eigenvalue weighted by molar-refractivity contribution is 5.92. The van der Waals surface area contributed by atoms with E-state index < -0.39 is 35.8 Å². The van der Waals surface area contributed by atoms with Crippen LogP contribution in [-0.4, -0.2) is 78.3 Å². The third-order valence-corrected chi connectivity index (χ3v) is 6.94. The summed E-state index contributed by atoms with van der Waals surface area (Å²) in [4.78, 5) is 38.8. The van der Waals surface area contributed by atoms with Crippen molar-refractivity contribution in [2.24, 2.45) is 22.9 Å². The normalized spacial score (nSPS) is 16.1. The lowest BCUT2D eigenvalue weighted by Gasteiger charge is -2.24. The number of nitrogens with two attached hydrogens (primary N) is 4. The molecule has 0 aliphatic heterocycles. The molecule has 0 fully saturated rings. The average molecular weight is 634 g/mol. The standard InChI is InChI=1S/C31H53N7O5.C2H6/c1-3-22-19-24(10-5-15-28(22)40)23(11-8-18-39)9-4-13-26(30(42)36-20-25(35)12-6-16-32)38-31(43)27(14-7-17-33)37-29(41)21(2)34;1-2/h8-11,15,19,21,25-27,39-40H,3-7,12-14,16-18,20,32-35H2,1-2H3,(H,36,42)(H,37,41)(H,38,43);1-2H3/b11-8-,23-9+;/t21?,25?,26?,27-;/m0./s1. The lowest BCUT2D eigenvalue weighted by Crippen LogP contribution is -2.56. The van der Waals surface area contributed by atoms with Crippen LogP contribution in [0.5, 0.6) is 0 Å². The maximum atomic E-state index is 13.3. The highest BCUT2D eigenvalue weighted by Gasteiger charge is 2.27. The summed E-state index contributed by atoms with van der Waals surface area (Å²) < 4.78 is 0. The summed E-state index contributed by atoms with van der Waals surface area (Å²) in [7, 11) is 0. The number of carbonyl (C=O) groups excluding carboxylic acids is 3. The Kier molecular flexibility index (Phi) is 23.1. The van der Waals surface area contributed by atoms with Crippen LogP contribution < -0.4 is 38.9 Å². The van der Waals surface area contributed by atoms with Gasteiger partial charge in [0.15, 0.2) is 0 Å². The molecule has 0 heterocycles. The fraction of sp³-hybridized carbons (Fsp3) is 0.606. The molecule has 256 valence electrons. The first-order chi connectivity index (χ1) is 21.6. The van der Waals surface area contributed by atoms with Crippen LogP contribution in [0.3, 0.4) is 0 Å². The number of aliphatic hydroxyl groups is 2. The van der Waals surface area contributed by atoms with Gasteiger partial charge in [0.05, 0.1) is 12.6 Å². The summed E-state index contributed by atoms with van der Waals surface area (Å²) in [6, 6.07) is -2.92. The Balaban J connectivity index is 0.00000947. The van der Waals surface area contributed by atoms with E-state index in [1.54, 1.807) is 18.2 Å². The topological polar surface area (TPSA) is 232 Å². The van der Waals surface area contributed by atoms with Crippen LogP contribution >= 0.6 is 0 Å². The maximum Gasteiger partial charge on any atom is 0.243 e. The highest BCUT2D eigenvalue weighted by Crippen LogP contribution is 2.25. The predicted octanol–water partition coefficient (Wildman–Crippen LogP) is 1.61. The SMILES string of the molecule is CC.CCC1=CC(C(/C=C\CO)=C/CCC(NC(=O)[C@H](CCCN)NC(=O)C(C)N)C(=O)NCC(N)CCCN)=CCC=C1O. The molecule has 4 atom stereocenters. The number of nitrogens with one attached hydrogen (secondary N) is 3. The van der Waals surface area contributed by atoms with E-state index in [1.165, 1.54) is 6.92 Å². The summed E-state index contributed by atoms with van der Waals surface area (Å²) in [5.41, 5.74) is 25.5. The minimum absolute atomic E-state index is 0.151. The molecule has 0 saturated heterocycles. The molecule has 45 heavy (non-hydrogen) atoms. The van der Waals surface area contributed by atoms with Gasteiger partial charge in [-0.15, -0.1) is 0 Å². The summed E-state index contributed by atoms with van der Waals surface area (Å²) in [5.74, 6) is -1.15. The number of amides is 3. The van der Waals surface area contributed by atoms with E-state index in [9.17, 15) is 24.6 Å². The monoisotopic (exact) mass is 633 g/mol. The van der Waals surface area contributed by atoms with Gasteiger partial charge in [0.25, 0.3) is 0 Å². The second-order valence-corrected chi connectivity index (χ2v) is 10.6. The van der Waals surface area contributed by atoms with Gasteiger partial charge in [-0.1, -0.05) is 45.1 Å². The number of aliphatic hydroxyl groups excluding tert-OH is 2. The Hall–Kier alpha value is -3.29. The van der Waals surface area contributed by atoms with Gasteiger partial charge in [-0.25, -0.2) is 0 Å². The molecule has 1 aliphatic carbocycles. The van der Waals surface area contributed by atoms with E-state index in [1.807, 2.05) is 39.0 Å². The molecular weight excluding hydrogens is 574 g/mol. The molecule has 1 aliphatic rings. The van der Waals surface area contributed by atoms with E-state index >= 15 is 0 Å². The molecule has 0 bridgehead atoms. The number of hydrogen-bond acceptors (Lipinski definition) is 9. The zero-order valence-electron chi connectivity index (χ0n) is 27.7. The molecule has 0 spiro atoms. The van der Waals surface area contributed by atoms with Crippen LogP contribution in [0.4, 0.5) is 0 Å². The van der Waals surface area contributed by atoms with Gasteiger partial charge >= 0.3 is 0 Å². The van der Waals surface area contributed by atoms with Crippen LogP contribution in [-0.2, 0) is 14.4 Å². The molecule has 0 aromatic rings. The molecule has 3 unspecified atom stereocenters. The van der Waals surface area contributed by atoms with Crippen molar-refractivity contribution in [1.82, 2.24) is 16.0 Å². The summed E-state index contributed by atoms with van der Waals surface area (Å²) in [5, 5.41) is 28.0. The third-order valence-electron chi connectivity index (χ3n) is 6.94. The van der Waals surface area contributed by atoms with Crippen molar-refractivity contribution in [1.29, 1.82) is 0 Å². The van der Waals surface area contributed by atoms with Gasteiger partial charge in [-0.3, -0.25) is 14.4 Å². The van der Waals surface area contributed by atoms with Crippen molar-refractivity contribution < 1.29 is 24.6 Å². The lowest BCUT2D eigenvalue weighted by molar-refractivity contribution is -0.132. The molecule has 3 amide bonds. The fourth-order valence-corrected chi connectivity index (χ4v) is 4.37. The molecular formula is C33H59N7O5. The molecule has 1 rings (SSSR count). The molecule has 12 heteroatoms. The largest absolute Gasteiger partial charge is 0.508 e. The van der Waals surface area contributed by atoms with Crippen molar-refractivity contribution in [3.8, 4) is 0 Å². The summed E-state index contributed by atoms with van der Waals surface area (Å²) in [6.07, 6.45) is 14.9. The van der Waals surface area contributed by atoms with E-state index in [0.29, 0.717) is 45.2 Å². The quantitative estimate of drug-likeness (QED) is 0.0885. The summed E-state index contributed by atoms with van der Waals surface area (Å²) >= 11 is 0. The van der Waals surface area contributed by atoms with Crippen molar-refractivity contribution >= 4 is 17.7 Å². The Morgan fingerprint density at radius 3 is 2.18 bits per heavy atom. The zero-order valence-corrected chi connectivity index (χ0v) is 27.7. The molecule has 13 N–H and O–H groups in total. The Morgan fingerprint density at radius 1 is 0.956 bits per heavy atom. The van der Waals surface area contributed by atoms with E-state index in [-0.39, 0.29) is 37.8 Å². The van der Waals surface area contributed by atoms with Crippen molar-refractivity contribution in [2.75, 3.05) is 26.2 Å². The molecule has 0 aromatic carbocycles. The summed E-state index contributed by atoms with van der Waals surface area (Å²) in [6.45, 7) is 8.37. The number of allylic oxidation sites excluding steroid dienone is 8. The highest BCUT2D eigenvalue weighted by atomic mass is 16.3. The van der Waals surface area contributed by atoms with E-state index in [4.69, 9.17) is 22.9 Å². The predicted molar refractivity (Wildman–Crippen MR) is 182 cm³/mol. The smallest absolute Gasteiger partial charge is 0.243 e. The number of rotatable bonds is 20. The maximum absolute atomic E-state index is 13.3.